The Balaban J connectivity index is 3.46. The molecule has 0 radical (unpaired) electrons. The number of aryl methyl sites for hydroxylation is 1. The molecule has 0 unspecified atom stereocenters. The van der Waals surface area contributed by atoms with Gasteiger partial charge in [0.2, 0.25) is 5.43 Å². The van der Waals surface area contributed by atoms with E-state index in [-0.39, 0.29) is 11.1 Å². The molecule has 4 nitrogen and oxygen atoms in total. The number of nitrogens with zero attached hydrogens (tertiary/aromatic N) is 1. The zero-order chi connectivity index (χ0) is 7.72. The van der Waals surface area contributed by atoms with Gasteiger partial charge in [0, 0.05) is 13.0 Å². The summed E-state index contributed by atoms with van der Waals surface area (Å²) in [5.74, 6) is 0. The molecule has 1 rings (SSSR count). The average Bonchev–Trinajstić information content (AvgIpc) is 1.82. The molecule has 54 valence electrons. The predicted octanol–water partition coefficient (Wildman–Crippen LogP) is -0.375. The minimum atomic E-state index is -0.230. The van der Waals surface area contributed by atoms with Gasteiger partial charge in [-0.2, -0.15) is 5.10 Å². The van der Waals surface area contributed by atoms with E-state index in [2.05, 4.69) is 5.10 Å². The molecule has 0 aliphatic carbocycles. The molecule has 1 N–H and O–H groups in total. The van der Waals surface area contributed by atoms with Crippen molar-refractivity contribution in [2.24, 2.45) is 0 Å². The minimum absolute atomic E-state index is 0.172. The summed E-state index contributed by atoms with van der Waals surface area (Å²) < 4.78 is 0. The van der Waals surface area contributed by atoms with E-state index in [1.807, 2.05) is 0 Å². The summed E-state index contributed by atoms with van der Waals surface area (Å²) in [4.78, 5) is 11.3. The van der Waals surface area contributed by atoms with Crippen molar-refractivity contribution in [3.8, 4) is 0 Å². The van der Waals surface area contributed by atoms with Crippen LogP contribution in [0.2, 0.25) is 0 Å². The van der Waals surface area contributed by atoms with Gasteiger partial charge in [0.1, 0.15) is 0 Å². The zero-order valence-electron chi connectivity index (χ0n) is 5.84. The molecular formula is C6H8N2O2. The van der Waals surface area contributed by atoms with Crippen LogP contribution in [0.5, 0.6) is 0 Å². The summed E-state index contributed by atoms with van der Waals surface area (Å²) in [7, 11) is 0. The van der Waals surface area contributed by atoms with Gasteiger partial charge in [-0.1, -0.05) is 4.85 Å². The monoisotopic (exact) mass is 140 g/mol. The largest absolute Gasteiger partial charge is 0.596 e. The third-order valence-electron chi connectivity index (χ3n) is 1.29. The molecule has 0 aliphatic heterocycles. The Morgan fingerprint density at radius 3 is 2.70 bits per heavy atom. The molecule has 4 heteroatoms. The number of hydrogen-bond acceptors (Lipinski definition) is 2. The third-order valence-corrected chi connectivity index (χ3v) is 1.29. The van der Waals surface area contributed by atoms with Crippen molar-refractivity contribution in [1.29, 1.82) is 0 Å². The molecule has 0 saturated heterocycles. The molecule has 1 heterocycles. The maximum atomic E-state index is 10.8. The Morgan fingerprint density at radius 1 is 1.60 bits per heavy atom. The number of hydrogen-bond donors (Lipinski definition) is 1. The molecule has 0 amide bonds. The van der Waals surface area contributed by atoms with E-state index in [0.717, 1.165) is 0 Å². The Morgan fingerprint density at radius 2 is 2.20 bits per heavy atom. The average molecular weight is 140 g/mol. The van der Waals surface area contributed by atoms with Crippen LogP contribution in [-0.4, -0.2) is 5.10 Å². The van der Waals surface area contributed by atoms with E-state index in [1.165, 1.54) is 13.0 Å². The van der Waals surface area contributed by atoms with Gasteiger partial charge in [-0.25, -0.2) is 0 Å². The number of aromatic amines is 1. The van der Waals surface area contributed by atoms with Crippen LogP contribution in [0.25, 0.3) is 0 Å². The molecule has 0 atom stereocenters. The van der Waals surface area contributed by atoms with Crippen LogP contribution in [0.1, 0.15) is 11.4 Å². The number of nitrogens with one attached hydrogen (secondary N) is 1. The summed E-state index contributed by atoms with van der Waals surface area (Å²) in [6.07, 6.45) is 0. The van der Waals surface area contributed by atoms with Crippen molar-refractivity contribution in [2.75, 3.05) is 0 Å². The summed E-state index contributed by atoms with van der Waals surface area (Å²) >= 11 is 0. The fourth-order valence-corrected chi connectivity index (χ4v) is 0.677. The lowest BCUT2D eigenvalue weighted by Crippen LogP contribution is -2.40. The second-order valence-corrected chi connectivity index (χ2v) is 2.18. The summed E-state index contributed by atoms with van der Waals surface area (Å²) in [6.45, 7) is 3.14. The summed E-state index contributed by atoms with van der Waals surface area (Å²) in [5.41, 5.74) is 0.516. The summed E-state index contributed by atoms with van der Waals surface area (Å²) in [6, 6.07) is 1.39. The SMILES string of the molecule is Cc1cc(=O)c(C)[n+]([O-])[nH]1. The van der Waals surface area contributed by atoms with Crippen LogP contribution in [0.3, 0.4) is 0 Å². The fourth-order valence-electron chi connectivity index (χ4n) is 0.677. The van der Waals surface area contributed by atoms with Crippen LogP contribution in [0.15, 0.2) is 10.9 Å². The molecule has 10 heavy (non-hydrogen) atoms. The second-order valence-electron chi connectivity index (χ2n) is 2.18. The van der Waals surface area contributed by atoms with E-state index in [4.69, 9.17) is 0 Å². The molecule has 0 aromatic carbocycles. The van der Waals surface area contributed by atoms with Gasteiger partial charge < -0.3 is 5.21 Å². The first-order valence-corrected chi connectivity index (χ1v) is 2.91. The lowest BCUT2D eigenvalue weighted by atomic mass is 10.3. The standard InChI is InChI=1S/C6H8N2O2/c1-4-3-6(9)5(2)8(10)7-4/h3,7H,1-2H3. The van der Waals surface area contributed by atoms with Crippen LogP contribution < -0.4 is 10.3 Å². The quantitative estimate of drug-likeness (QED) is 0.394. The Bertz CT molecular complexity index is 303. The highest BCUT2D eigenvalue weighted by molar-refractivity contribution is 5.00. The summed E-state index contributed by atoms with van der Waals surface area (Å²) in [5, 5.41) is 13.2. The first-order valence-electron chi connectivity index (χ1n) is 2.91. The van der Waals surface area contributed by atoms with Crippen LogP contribution in [-0.2, 0) is 0 Å². The van der Waals surface area contributed by atoms with Gasteiger partial charge in [-0.15, -0.1) is 0 Å². The first-order chi connectivity index (χ1) is 4.61. The molecule has 0 spiro atoms. The van der Waals surface area contributed by atoms with Crippen molar-refractivity contribution in [1.82, 2.24) is 5.10 Å². The van der Waals surface area contributed by atoms with Gasteiger partial charge >= 0.3 is 0 Å². The lowest BCUT2D eigenvalue weighted by Gasteiger charge is -1.97. The topological polar surface area (TPSA) is 59.8 Å². The maximum absolute atomic E-state index is 10.8. The van der Waals surface area contributed by atoms with Gasteiger partial charge in [-0.3, -0.25) is 4.79 Å². The highest BCUT2D eigenvalue weighted by Gasteiger charge is 2.03. The Labute approximate surface area is 57.7 Å². The van der Waals surface area contributed by atoms with Crippen molar-refractivity contribution in [3.63, 3.8) is 0 Å². The highest BCUT2D eigenvalue weighted by Crippen LogP contribution is 1.80. The molecule has 1 aromatic heterocycles. The molecular weight excluding hydrogens is 132 g/mol. The zero-order valence-corrected chi connectivity index (χ0v) is 5.84. The van der Waals surface area contributed by atoms with Crippen molar-refractivity contribution in [2.45, 2.75) is 13.8 Å². The van der Waals surface area contributed by atoms with Crippen LogP contribution in [0.4, 0.5) is 0 Å². The normalized spacial score (nSPS) is 9.80. The molecule has 1 aromatic rings. The third kappa shape index (κ3) is 1.00. The Hall–Kier alpha value is -1.32. The van der Waals surface area contributed by atoms with Gasteiger partial charge in [0.25, 0.3) is 5.69 Å². The molecule has 0 aliphatic rings. The first kappa shape index (κ1) is 6.80. The molecule has 0 bridgehead atoms. The van der Waals surface area contributed by atoms with Crippen molar-refractivity contribution < 1.29 is 4.85 Å². The number of rotatable bonds is 0. The molecule has 0 saturated carbocycles. The minimum Gasteiger partial charge on any atom is -0.596 e. The van der Waals surface area contributed by atoms with E-state index in [0.29, 0.717) is 10.5 Å². The van der Waals surface area contributed by atoms with E-state index >= 15 is 0 Å². The highest BCUT2D eigenvalue weighted by atomic mass is 16.5. The van der Waals surface area contributed by atoms with E-state index in [9.17, 15) is 10.0 Å². The smallest absolute Gasteiger partial charge is 0.263 e. The lowest BCUT2D eigenvalue weighted by molar-refractivity contribution is -0.676. The van der Waals surface area contributed by atoms with Gasteiger partial charge in [0.05, 0.1) is 5.69 Å². The van der Waals surface area contributed by atoms with Crippen molar-refractivity contribution in [3.05, 3.63) is 32.9 Å². The molecule has 0 fully saturated rings. The van der Waals surface area contributed by atoms with E-state index in [1.54, 1.807) is 6.92 Å². The predicted molar refractivity (Wildman–Crippen MR) is 35.5 cm³/mol. The van der Waals surface area contributed by atoms with Crippen molar-refractivity contribution >= 4 is 0 Å². The Kier molecular flexibility index (Phi) is 1.45. The van der Waals surface area contributed by atoms with Crippen LogP contribution in [0, 0.1) is 19.1 Å². The van der Waals surface area contributed by atoms with Crippen LogP contribution >= 0.6 is 0 Å². The second kappa shape index (κ2) is 2.13. The number of H-pyrrole nitrogens is 1. The fraction of sp³-hybridized carbons (Fsp3) is 0.333. The van der Waals surface area contributed by atoms with E-state index < -0.39 is 0 Å². The number of aromatic nitrogens is 2. The van der Waals surface area contributed by atoms with Gasteiger partial charge in [0.15, 0.2) is 0 Å². The maximum Gasteiger partial charge on any atom is 0.263 e. The van der Waals surface area contributed by atoms with Gasteiger partial charge in [-0.05, 0) is 6.92 Å².